The molecule has 0 aliphatic carbocycles. The van der Waals surface area contributed by atoms with E-state index in [1.54, 1.807) is 18.3 Å². The average Bonchev–Trinajstić information content (AvgIpc) is 2.76. The molecule has 0 atom stereocenters. The molecule has 3 N–H and O–H groups in total. The van der Waals surface area contributed by atoms with E-state index in [-0.39, 0.29) is 0 Å². The summed E-state index contributed by atoms with van der Waals surface area (Å²) in [6.45, 7) is 0. The molecule has 2 rings (SSSR count). The van der Waals surface area contributed by atoms with E-state index in [2.05, 4.69) is 16.0 Å². The average molecular weight is 256 g/mol. The maximum atomic E-state index is 8.71. The summed E-state index contributed by atoms with van der Waals surface area (Å²) in [7, 11) is 0. The highest BCUT2D eigenvalue weighted by Gasteiger charge is 2.03. The van der Waals surface area contributed by atoms with Crippen molar-refractivity contribution in [1.82, 2.24) is 9.97 Å². The van der Waals surface area contributed by atoms with Gasteiger partial charge in [-0.1, -0.05) is 24.4 Å². The normalized spacial score (nSPS) is 9.94. The Labute approximate surface area is 110 Å². The molecule has 0 unspecified atom stereocenters. The molecular formula is C13H12N4S. The Morgan fingerprint density at radius 3 is 2.72 bits per heavy atom. The SMILES string of the molecule is N#Cc1ccc(Cc2ncc(CC(N)=S)[nH]2)cc1. The maximum absolute atomic E-state index is 8.71. The Morgan fingerprint density at radius 1 is 1.39 bits per heavy atom. The van der Waals surface area contributed by atoms with Crippen molar-refractivity contribution in [2.45, 2.75) is 12.8 Å². The number of imidazole rings is 1. The smallest absolute Gasteiger partial charge is 0.110 e. The molecule has 0 aliphatic heterocycles. The quantitative estimate of drug-likeness (QED) is 0.816. The zero-order valence-electron chi connectivity index (χ0n) is 9.68. The summed E-state index contributed by atoms with van der Waals surface area (Å²) in [5.41, 5.74) is 8.16. The number of thiocarbonyl (C=S) groups is 1. The van der Waals surface area contributed by atoms with Gasteiger partial charge in [-0.2, -0.15) is 5.26 Å². The van der Waals surface area contributed by atoms with Crippen molar-refractivity contribution in [3.63, 3.8) is 0 Å². The van der Waals surface area contributed by atoms with Crippen LogP contribution >= 0.6 is 12.2 Å². The highest BCUT2D eigenvalue weighted by molar-refractivity contribution is 7.80. The number of H-pyrrole nitrogens is 1. The van der Waals surface area contributed by atoms with Crippen LogP contribution in [0.4, 0.5) is 0 Å². The third-order valence-corrected chi connectivity index (χ3v) is 2.64. The first kappa shape index (κ1) is 12.3. The van der Waals surface area contributed by atoms with Crippen molar-refractivity contribution >= 4 is 17.2 Å². The summed E-state index contributed by atoms with van der Waals surface area (Å²) in [6, 6.07) is 9.54. The van der Waals surface area contributed by atoms with E-state index < -0.39 is 0 Å². The predicted molar refractivity (Wildman–Crippen MR) is 73.0 cm³/mol. The largest absolute Gasteiger partial charge is 0.393 e. The molecule has 0 radical (unpaired) electrons. The van der Waals surface area contributed by atoms with E-state index in [0.29, 0.717) is 23.4 Å². The summed E-state index contributed by atoms with van der Waals surface area (Å²) >= 11 is 4.84. The number of benzene rings is 1. The fraction of sp³-hybridized carbons (Fsp3) is 0.154. The minimum absolute atomic E-state index is 0.448. The lowest BCUT2D eigenvalue weighted by Gasteiger charge is -1.98. The van der Waals surface area contributed by atoms with Gasteiger partial charge < -0.3 is 10.7 Å². The zero-order valence-corrected chi connectivity index (χ0v) is 10.5. The van der Waals surface area contributed by atoms with Crippen molar-refractivity contribution in [1.29, 1.82) is 5.26 Å². The van der Waals surface area contributed by atoms with Crippen LogP contribution in [0, 0.1) is 11.3 Å². The minimum atomic E-state index is 0.448. The van der Waals surface area contributed by atoms with Gasteiger partial charge in [0.25, 0.3) is 0 Å². The van der Waals surface area contributed by atoms with E-state index in [1.807, 2.05) is 12.1 Å². The van der Waals surface area contributed by atoms with Gasteiger partial charge in [0.2, 0.25) is 0 Å². The monoisotopic (exact) mass is 256 g/mol. The third kappa shape index (κ3) is 3.15. The number of aromatic nitrogens is 2. The second kappa shape index (κ2) is 5.43. The first-order valence-electron chi connectivity index (χ1n) is 5.47. The lowest BCUT2D eigenvalue weighted by molar-refractivity contribution is 1.01. The number of rotatable bonds is 4. The van der Waals surface area contributed by atoms with Crippen molar-refractivity contribution in [2.75, 3.05) is 0 Å². The van der Waals surface area contributed by atoms with Crippen LogP contribution in [-0.2, 0) is 12.8 Å². The van der Waals surface area contributed by atoms with Crippen LogP contribution in [0.3, 0.4) is 0 Å². The Hall–Kier alpha value is -2.19. The highest BCUT2D eigenvalue weighted by Crippen LogP contribution is 2.09. The lowest BCUT2D eigenvalue weighted by atomic mass is 10.1. The molecule has 2 aromatic rings. The van der Waals surface area contributed by atoms with Gasteiger partial charge in [0.1, 0.15) is 5.82 Å². The van der Waals surface area contributed by atoms with Crippen LogP contribution in [-0.4, -0.2) is 15.0 Å². The molecule has 1 heterocycles. The summed E-state index contributed by atoms with van der Waals surface area (Å²) in [4.78, 5) is 7.90. The van der Waals surface area contributed by atoms with E-state index in [1.165, 1.54) is 0 Å². The van der Waals surface area contributed by atoms with Crippen LogP contribution in [0.25, 0.3) is 0 Å². The Balaban J connectivity index is 2.06. The van der Waals surface area contributed by atoms with Gasteiger partial charge in [-0.25, -0.2) is 4.98 Å². The van der Waals surface area contributed by atoms with E-state index in [4.69, 9.17) is 23.2 Å². The number of nitrogens with two attached hydrogens (primary N) is 1. The van der Waals surface area contributed by atoms with Gasteiger partial charge in [0, 0.05) is 24.7 Å². The molecule has 0 amide bonds. The van der Waals surface area contributed by atoms with Crippen LogP contribution in [0.1, 0.15) is 22.6 Å². The Bertz CT molecular complexity index is 592. The Morgan fingerprint density at radius 2 is 2.11 bits per heavy atom. The molecule has 18 heavy (non-hydrogen) atoms. The maximum Gasteiger partial charge on any atom is 0.110 e. The summed E-state index contributed by atoms with van der Waals surface area (Å²) in [5, 5.41) is 8.71. The first-order valence-corrected chi connectivity index (χ1v) is 5.88. The van der Waals surface area contributed by atoms with E-state index in [9.17, 15) is 0 Å². The molecule has 0 saturated carbocycles. The first-order chi connectivity index (χ1) is 8.67. The molecule has 0 bridgehead atoms. The number of aromatic amines is 1. The zero-order chi connectivity index (χ0) is 13.0. The van der Waals surface area contributed by atoms with Crippen molar-refractivity contribution in [3.05, 3.63) is 53.1 Å². The third-order valence-electron chi connectivity index (χ3n) is 2.50. The number of nitriles is 1. The van der Waals surface area contributed by atoms with Crippen LogP contribution < -0.4 is 5.73 Å². The summed E-state index contributed by atoms with van der Waals surface area (Å²) < 4.78 is 0. The second-order valence-corrected chi connectivity index (χ2v) is 4.51. The minimum Gasteiger partial charge on any atom is -0.393 e. The number of hydrogen-bond acceptors (Lipinski definition) is 3. The fourth-order valence-corrected chi connectivity index (χ4v) is 1.82. The highest BCUT2D eigenvalue weighted by atomic mass is 32.1. The van der Waals surface area contributed by atoms with Crippen molar-refractivity contribution in [3.8, 4) is 6.07 Å². The van der Waals surface area contributed by atoms with E-state index in [0.717, 1.165) is 17.1 Å². The Kier molecular flexibility index (Phi) is 3.70. The molecule has 4 nitrogen and oxygen atoms in total. The molecular weight excluding hydrogens is 244 g/mol. The summed E-state index contributed by atoms with van der Waals surface area (Å²) in [6.07, 6.45) is 2.98. The molecule has 1 aromatic carbocycles. The van der Waals surface area contributed by atoms with Crippen LogP contribution in [0.2, 0.25) is 0 Å². The van der Waals surface area contributed by atoms with Crippen molar-refractivity contribution in [2.24, 2.45) is 5.73 Å². The number of nitrogens with zero attached hydrogens (tertiary/aromatic N) is 2. The second-order valence-electron chi connectivity index (χ2n) is 3.98. The standard InChI is InChI=1S/C13H12N4S/c14-7-10-3-1-9(2-4-10)5-13-16-8-11(17-13)6-12(15)18/h1-4,8H,5-6H2,(H2,15,18)(H,16,17). The van der Waals surface area contributed by atoms with Crippen molar-refractivity contribution < 1.29 is 0 Å². The van der Waals surface area contributed by atoms with Gasteiger partial charge in [-0.3, -0.25) is 0 Å². The molecule has 0 fully saturated rings. The van der Waals surface area contributed by atoms with Gasteiger partial charge in [-0.15, -0.1) is 0 Å². The van der Waals surface area contributed by atoms with Gasteiger partial charge in [-0.05, 0) is 17.7 Å². The van der Waals surface area contributed by atoms with E-state index >= 15 is 0 Å². The molecule has 0 spiro atoms. The van der Waals surface area contributed by atoms with Gasteiger partial charge in [0.15, 0.2) is 0 Å². The molecule has 1 aromatic heterocycles. The number of nitrogens with one attached hydrogen (secondary N) is 1. The molecule has 0 saturated heterocycles. The molecule has 90 valence electrons. The predicted octanol–water partition coefficient (Wildman–Crippen LogP) is 1.70. The fourth-order valence-electron chi connectivity index (χ4n) is 1.66. The molecule has 5 heteroatoms. The van der Waals surface area contributed by atoms with Crippen LogP contribution in [0.5, 0.6) is 0 Å². The lowest BCUT2D eigenvalue weighted by Crippen LogP contribution is -2.11. The number of hydrogen-bond donors (Lipinski definition) is 2. The summed E-state index contributed by atoms with van der Waals surface area (Å²) in [5.74, 6) is 0.867. The topological polar surface area (TPSA) is 78.5 Å². The van der Waals surface area contributed by atoms with Gasteiger partial charge >= 0.3 is 0 Å². The van der Waals surface area contributed by atoms with Gasteiger partial charge in [0.05, 0.1) is 16.6 Å². The van der Waals surface area contributed by atoms with Crippen LogP contribution in [0.15, 0.2) is 30.5 Å². The molecule has 0 aliphatic rings.